The Morgan fingerprint density at radius 1 is 0.941 bits per heavy atom. The first-order valence-corrected chi connectivity index (χ1v) is 6.00. The van der Waals surface area contributed by atoms with E-state index in [0.717, 1.165) is 11.4 Å². The zero-order valence-electron chi connectivity index (χ0n) is 9.64. The predicted molar refractivity (Wildman–Crippen MR) is 72.1 cm³/mol. The van der Waals surface area contributed by atoms with Gasteiger partial charge in [-0.15, -0.1) is 0 Å². The second-order valence-corrected chi connectivity index (χ2v) is 4.63. The molecule has 0 spiro atoms. The third kappa shape index (κ3) is 2.26. The molecule has 17 heavy (non-hydrogen) atoms. The van der Waals surface area contributed by atoms with Gasteiger partial charge in [0.25, 0.3) is 0 Å². The van der Waals surface area contributed by atoms with Gasteiger partial charge in [-0.05, 0) is 36.2 Å². The molecule has 2 atom stereocenters. The van der Waals surface area contributed by atoms with E-state index in [-0.39, 0.29) is 0 Å². The maximum Gasteiger partial charge on any atom is 0.0344 e. The zero-order chi connectivity index (χ0) is 11.7. The van der Waals surface area contributed by atoms with Crippen molar-refractivity contribution in [3.8, 4) is 0 Å². The fourth-order valence-electron chi connectivity index (χ4n) is 2.22. The van der Waals surface area contributed by atoms with Crippen LogP contribution in [0.1, 0.15) is 17.9 Å². The molecule has 0 bridgehead atoms. The lowest BCUT2D eigenvalue weighted by Gasteiger charge is -2.06. The van der Waals surface area contributed by atoms with E-state index in [1.165, 1.54) is 12.0 Å². The summed E-state index contributed by atoms with van der Waals surface area (Å²) in [4.78, 5) is 0. The van der Waals surface area contributed by atoms with E-state index in [1.54, 1.807) is 0 Å². The first-order valence-electron chi connectivity index (χ1n) is 6.00. The van der Waals surface area contributed by atoms with Crippen molar-refractivity contribution < 1.29 is 0 Å². The number of rotatable bonds is 3. The molecule has 2 aromatic rings. The second-order valence-electron chi connectivity index (χ2n) is 4.63. The predicted octanol–water partition coefficient (Wildman–Crippen LogP) is 3.24. The molecular formula is C15H16N2. The van der Waals surface area contributed by atoms with Gasteiger partial charge in [-0.25, -0.2) is 0 Å². The van der Waals surface area contributed by atoms with Gasteiger partial charge in [-0.1, -0.05) is 30.3 Å². The molecule has 0 saturated heterocycles. The van der Waals surface area contributed by atoms with Crippen LogP contribution in [0.25, 0.3) is 0 Å². The molecule has 3 N–H and O–H groups in total. The molecule has 0 aromatic heterocycles. The molecule has 2 unspecified atom stereocenters. The van der Waals surface area contributed by atoms with E-state index in [9.17, 15) is 0 Å². The van der Waals surface area contributed by atoms with Crippen LogP contribution in [0.2, 0.25) is 0 Å². The standard InChI is InChI=1S/C15H16N2/c16-12-6-8-13(9-7-12)17-15-10-14(15)11-4-2-1-3-5-11/h1-9,14-15,17H,10,16H2. The minimum atomic E-state index is 0.570. The average molecular weight is 224 g/mol. The summed E-state index contributed by atoms with van der Waals surface area (Å²) >= 11 is 0. The topological polar surface area (TPSA) is 38.0 Å². The van der Waals surface area contributed by atoms with Crippen molar-refractivity contribution in [2.24, 2.45) is 0 Å². The molecule has 0 radical (unpaired) electrons. The maximum atomic E-state index is 5.66. The molecule has 0 amide bonds. The third-order valence-corrected chi connectivity index (χ3v) is 3.28. The van der Waals surface area contributed by atoms with Gasteiger partial charge in [0.15, 0.2) is 0 Å². The van der Waals surface area contributed by atoms with Gasteiger partial charge < -0.3 is 11.1 Å². The smallest absolute Gasteiger partial charge is 0.0344 e. The molecule has 2 nitrogen and oxygen atoms in total. The Bertz CT molecular complexity index is 490. The fraction of sp³-hybridized carbons (Fsp3) is 0.200. The molecule has 0 heterocycles. The lowest BCUT2D eigenvalue weighted by atomic mass is 10.1. The quantitative estimate of drug-likeness (QED) is 0.785. The highest BCUT2D eigenvalue weighted by molar-refractivity contribution is 5.53. The lowest BCUT2D eigenvalue weighted by molar-refractivity contribution is 1.05. The van der Waals surface area contributed by atoms with Crippen molar-refractivity contribution in [2.75, 3.05) is 11.1 Å². The van der Waals surface area contributed by atoms with Gasteiger partial charge in [0.1, 0.15) is 0 Å². The molecule has 3 rings (SSSR count). The van der Waals surface area contributed by atoms with Gasteiger partial charge in [-0.2, -0.15) is 0 Å². The molecule has 2 heteroatoms. The van der Waals surface area contributed by atoms with Crippen molar-refractivity contribution in [3.63, 3.8) is 0 Å². The molecular weight excluding hydrogens is 208 g/mol. The minimum Gasteiger partial charge on any atom is -0.399 e. The summed E-state index contributed by atoms with van der Waals surface area (Å²) in [6.45, 7) is 0. The fourth-order valence-corrected chi connectivity index (χ4v) is 2.22. The summed E-state index contributed by atoms with van der Waals surface area (Å²) in [7, 11) is 0. The van der Waals surface area contributed by atoms with Gasteiger partial charge in [0.05, 0.1) is 0 Å². The van der Waals surface area contributed by atoms with E-state index >= 15 is 0 Å². The van der Waals surface area contributed by atoms with Crippen molar-refractivity contribution in [2.45, 2.75) is 18.4 Å². The van der Waals surface area contributed by atoms with Gasteiger partial charge >= 0.3 is 0 Å². The van der Waals surface area contributed by atoms with Crippen LogP contribution < -0.4 is 11.1 Å². The van der Waals surface area contributed by atoms with Crippen molar-refractivity contribution >= 4 is 11.4 Å². The van der Waals surface area contributed by atoms with Gasteiger partial charge in [0.2, 0.25) is 0 Å². The number of hydrogen-bond acceptors (Lipinski definition) is 2. The normalized spacial score (nSPS) is 22.1. The van der Waals surface area contributed by atoms with Crippen LogP contribution >= 0.6 is 0 Å². The van der Waals surface area contributed by atoms with Crippen molar-refractivity contribution in [1.29, 1.82) is 0 Å². The number of nitrogens with two attached hydrogens (primary N) is 1. The van der Waals surface area contributed by atoms with Crippen LogP contribution in [-0.4, -0.2) is 6.04 Å². The van der Waals surface area contributed by atoms with E-state index < -0.39 is 0 Å². The van der Waals surface area contributed by atoms with Crippen LogP contribution in [-0.2, 0) is 0 Å². The molecule has 1 aliphatic carbocycles. The Kier molecular flexibility index (Phi) is 2.48. The average Bonchev–Trinajstić information content (AvgIpc) is 3.13. The molecule has 0 aliphatic heterocycles. The van der Waals surface area contributed by atoms with Crippen LogP contribution in [0.4, 0.5) is 11.4 Å². The highest BCUT2D eigenvalue weighted by atomic mass is 15.0. The van der Waals surface area contributed by atoms with Gasteiger partial charge in [0, 0.05) is 23.3 Å². The van der Waals surface area contributed by atoms with E-state index in [1.807, 2.05) is 24.3 Å². The van der Waals surface area contributed by atoms with Crippen molar-refractivity contribution in [1.82, 2.24) is 0 Å². The maximum absolute atomic E-state index is 5.66. The Balaban J connectivity index is 1.64. The molecule has 2 aromatic carbocycles. The molecule has 1 fully saturated rings. The number of nitrogens with one attached hydrogen (secondary N) is 1. The van der Waals surface area contributed by atoms with Crippen LogP contribution in [0.3, 0.4) is 0 Å². The third-order valence-electron chi connectivity index (χ3n) is 3.28. The Labute approximate surface area is 101 Å². The summed E-state index contributed by atoms with van der Waals surface area (Å²) in [5.41, 5.74) is 9.06. The summed E-state index contributed by atoms with van der Waals surface area (Å²) in [6.07, 6.45) is 1.22. The van der Waals surface area contributed by atoms with Crippen LogP contribution in [0.15, 0.2) is 54.6 Å². The number of nitrogen functional groups attached to an aromatic ring is 1. The van der Waals surface area contributed by atoms with E-state index in [2.05, 4.69) is 35.6 Å². The molecule has 1 aliphatic rings. The highest BCUT2D eigenvalue weighted by Crippen LogP contribution is 2.42. The summed E-state index contributed by atoms with van der Waals surface area (Å²) in [5, 5.41) is 3.54. The number of benzene rings is 2. The zero-order valence-corrected chi connectivity index (χ0v) is 9.64. The number of hydrogen-bond donors (Lipinski definition) is 2. The lowest BCUT2D eigenvalue weighted by Crippen LogP contribution is -2.03. The summed E-state index contributed by atoms with van der Waals surface area (Å²) < 4.78 is 0. The summed E-state index contributed by atoms with van der Waals surface area (Å²) in [5.74, 6) is 0.661. The molecule has 86 valence electrons. The molecule has 1 saturated carbocycles. The van der Waals surface area contributed by atoms with Crippen molar-refractivity contribution in [3.05, 3.63) is 60.2 Å². The van der Waals surface area contributed by atoms with E-state index in [0.29, 0.717) is 12.0 Å². The van der Waals surface area contributed by atoms with Crippen LogP contribution in [0.5, 0.6) is 0 Å². The first kappa shape index (κ1) is 10.2. The first-order chi connectivity index (χ1) is 8.33. The second kappa shape index (κ2) is 4.13. The SMILES string of the molecule is Nc1ccc(NC2CC2c2ccccc2)cc1. The largest absolute Gasteiger partial charge is 0.399 e. The van der Waals surface area contributed by atoms with E-state index in [4.69, 9.17) is 5.73 Å². The Morgan fingerprint density at radius 3 is 2.35 bits per heavy atom. The number of anilines is 2. The monoisotopic (exact) mass is 224 g/mol. The Hall–Kier alpha value is -1.96. The Morgan fingerprint density at radius 2 is 1.65 bits per heavy atom. The minimum absolute atomic E-state index is 0.570. The van der Waals surface area contributed by atoms with Gasteiger partial charge in [-0.3, -0.25) is 0 Å². The highest BCUT2D eigenvalue weighted by Gasteiger charge is 2.37. The summed E-state index contributed by atoms with van der Waals surface area (Å²) in [6, 6.07) is 19.2. The van der Waals surface area contributed by atoms with Crippen LogP contribution in [0, 0.1) is 0 Å².